The lowest BCUT2D eigenvalue weighted by atomic mass is 10.2. The zero-order valence-corrected chi connectivity index (χ0v) is 22.0. The van der Waals surface area contributed by atoms with Crippen LogP contribution in [0.2, 0.25) is 0 Å². The third kappa shape index (κ3) is 5.38. The molecule has 2 aliphatic rings. The van der Waals surface area contributed by atoms with E-state index in [1.807, 2.05) is 41.0 Å². The number of aromatic nitrogens is 4. The number of nitrogens with zero attached hydrogens (tertiary/aromatic N) is 6. The molecule has 38 heavy (non-hydrogen) atoms. The van der Waals surface area contributed by atoms with Crippen molar-refractivity contribution in [1.29, 1.82) is 0 Å². The van der Waals surface area contributed by atoms with Gasteiger partial charge in [-0.05, 0) is 50.6 Å². The van der Waals surface area contributed by atoms with Crippen molar-refractivity contribution >= 4 is 27.8 Å². The number of piperazine rings is 1. The highest BCUT2D eigenvalue weighted by Crippen LogP contribution is 2.35. The van der Waals surface area contributed by atoms with E-state index in [-0.39, 0.29) is 0 Å². The number of anilines is 1. The molecule has 0 saturated carbocycles. The zero-order valence-electron chi connectivity index (χ0n) is 22.0. The first-order valence-corrected chi connectivity index (χ1v) is 13.6. The quantitative estimate of drug-likeness (QED) is 0.309. The monoisotopic (exact) mass is 516 g/mol. The van der Waals surface area contributed by atoms with Crippen LogP contribution in [-0.2, 0) is 0 Å². The average Bonchev–Trinajstić information content (AvgIpc) is 3.64. The van der Waals surface area contributed by atoms with Crippen molar-refractivity contribution in [3.8, 4) is 17.4 Å². The van der Waals surface area contributed by atoms with Crippen molar-refractivity contribution in [2.24, 2.45) is 0 Å². The van der Waals surface area contributed by atoms with Crippen molar-refractivity contribution in [3.63, 3.8) is 0 Å². The topological polar surface area (TPSA) is 92.6 Å². The molecule has 0 unspecified atom stereocenters. The van der Waals surface area contributed by atoms with E-state index in [2.05, 4.69) is 25.4 Å². The number of benzene rings is 2. The number of hydrogen-bond donors (Lipinski definition) is 2. The molecule has 10 heteroatoms. The molecule has 4 aromatic rings. The fraction of sp³-hybridized carbons (Fsp3) is 0.464. The molecule has 2 aromatic heterocycles. The highest BCUT2D eigenvalue weighted by Gasteiger charge is 2.18. The van der Waals surface area contributed by atoms with Gasteiger partial charge in [-0.3, -0.25) is 9.47 Å². The highest BCUT2D eigenvalue weighted by atomic mass is 16.5. The maximum atomic E-state index is 6.22. The van der Waals surface area contributed by atoms with Gasteiger partial charge in [0.2, 0.25) is 5.95 Å². The molecule has 2 fully saturated rings. The second kappa shape index (κ2) is 11.5. The van der Waals surface area contributed by atoms with Crippen LogP contribution >= 0.6 is 0 Å². The number of rotatable bonds is 10. The molecule has 2 N–H and O–H groups in total. The summed E-state index contributed by atoms with van der Waals surface area (Å²) in [6, 6.07) is 12.0. The molecular weight excluding hydrogens is 480 g/mol. The Kier molecular flexibility index (Phi) is 7.52. The van der Waals surface area contributed by atoms with E-state index in [0.29, 0.717) is 30.7 Å². The Morgan fingerprint density at radius 2 is 1.79 bits per heavy atom. The van der Waals surface area contributed by atoms with Crippen LogP contribution in [0.5, 0.6) is 11.5 Å². The lowest BCUT2D eigenvalue weighted by molar-refractivity contribution is 0.254. The number of imidazole rings is 1. The van der Waals surface area contributed by atoms with Gasteiger partial charge < -0.3 is 25.0 Å². The number of nitrogens with one attached hydrogen (secondary N) is 2. The minimum atomic E-state index is 0.569. The van der Waals surface area contributed by atoms with E-state index in [0.717, 1.165) is 66.9 Å². The Morgan fingerprint density at radius 3 is 2.63 bits per heavy atom. The van der Waals surface area contributed by atoms with Crippen LogP contribution in [0.15, 0.2) is 42.7 Å². The van der Waals surface area contributed by atoms with Crippen molar-refractivity contribution < 1.29 is 9.47 Å². The summed E-state index contributed by atoms with van der Waals surface area (Å²) < 4.78 is 13.9. The maximum absolute atomic E-state index is 6.22. The second-order valence-corrected chi connectivity index (χ2v) is 9.95. The molecule has 0 atom stereocenters. The van der Waals surface area contributed by atoms with E-state index < -0.39 is 0 Å². The summed E-state index contributed by atoms with van der Waals surface area (Å²) in [5, 5.41) is 7.88. The van der Waals surface area contributed by atoms with Crippen molar-refractivity contribution in [2.45, 2.75) is 19.3 Å². The number of ether oxygens (including phenoxy) is 2. The fourth-order valence-corrected chi connectivity index (χ4v) is 5.29. The average molecular weight is 517 g/mol. The molecule has 2 aromatic carbocycles. The van der Waals surface area contributed by atoms with Gasteiger partial charge in [-0.1, -0.05) is 12.1 Å². The van der Waals surface area contributed by atoms with Gasteiger partial charge in [-0.2, -0.15) is 4.98 Å². The van der Waals surface area contributed by atoms with Gasteiger partial charge in [0.15, 0.2) is 11.5 Å². The molecule has 2 aliphatic heterocycles. The summed E-state index contributed by atoms with van der Waals surface area (Å²) in [5.41, 5.74) is 2.67. The Balaban J connectivity index is 1.32. The first-order chi connectivity index (χ1) is 18.8. The van der Waals surface area contributed by atoms with Gasteiger partial charge in [0.1, 0.15) is 12.1 Å². The largest absolute Gasteiger partial charge is 0.493 e. The summed E-state index contributed by atoms with van der Waals surface area (Å²) in [4.78, 5) is 19.4. The zero-order chi connectivity index (χ0) is 25.7. The van der Waals surface area contributed by atoms with E-state index >= 15 is 0 Å². The number of hydrogen-bond acceptors (Lipinski definition) is 9. The van der Waals surface area contributed by atoms with E-state index in [9.17, 15) is 0 Å². The van der Waals surface area contributed by atoms with Gasteiger partial charge in [-0.15, -0.1) is 0 Å². The molecule has 4 heterocycles. The molecule has 6 rings (SSSR count). The molecule has 10 nitrogen and oxygen atoms in total. The number of likely N-dealkylation sites (tertiary alicyclic amines) is 1. The van der Waals surface area contributed by atoms with Gasteiger partial charge in [0, 0.05) is 44.2 Å². The van der Waals surface area contributed by atoms with Gasteiger partial charge >= 0.3 is 0 Å². The normalized spacial score (nSPS) is 16.9. The van der Waals surface area contributed by atoms with Crippen molar-refractivity contribution in [3.05, 3.63) is 42.7 Å². The Hall–Kier alpha value is -3.47. The SMILES string of the molecule is COc1cc2c(NCN3CCNCC3)nc(-n3cnc4ccccc43)nc2cc1OCCCN1CCCC1. The maximum Gasteiger partial charge on any atom is 0.237 e. The van der Waals surface area contributed by atoms with Crippen LogP contribution in [0, 0.1) is 0 Å². The smallest absolute Gasteiger partial charge is 0.237 e. The summed E-state index contributed by atoms with van der Waals surface area (Å²) >= 11 is 0. The van der Waals surface area contributed by atoms with Crippen LogP contribution in [-0.4, -0.2) is 95.5 Å². The summed E-state index contributed by atoms with van der Waals surface area (Å²) in [6.07, 6.45) is 5.37. The Morgan fingerprint density at radius 1 is 0.947 bits per heavy atom. The van der Waals surface area contributed by atoms with E-state index in [1.165, 1.54) is 25.9 Å². The third-order valence-corrected chi connectivity index (χ3v) is 7.39. The van der Waals surface area contributed by atoms with Gasteiger partial charge in [-0.25, -0.2) is 9.97 Å². The van der Waals surface area contributed by atoms with Crippen LogP contribution in [0.4, 0.5) is 5.82 Å². The minimum absolute atomic E-state index is 0.569. The molecule has 0 radical (unpaired) electrons. The molecule has 200 valence electrons. The Labute approximate surface area is 223 Å². The lowest BCUT2D eigenvalue weighted by Gasteiger charge is -2.27. The molecule has 0 aliphatic carbocycles. The molecular formula is C28H36N8O2. The van der Waals surface area contributed by atoms with E-state index in [1.54, 1.807) is 13.4 Å². The second-order valence-electron chi connectivity index (χ2n) is 9.95. The van der Waals surface area contributed by atoms with E-state index in [4.69, 9.17) is 19.4 Å². The predicted molar refractivity (Wildman–Crippen MR) is 149 cm³/mol. The van der Waals surface area contributed by atoms with Gasteiger partial charge in [0.05, 0.1) is 36.9 Å². The summed E-state index contributed by atoms with van der Waals surface area (Å²) in [5.74, 6) is 2.72. The third-order valence-electron chi connectivity index (χ3n) is 7.39. The number of fused-ring (bicyclic) bond motifs is 2. The summed E-state index contributed by atoms with van der Waals surface area (Å²) in [6.45, 7) is 8.77. The molecule has 0 amide bonds. The first-order valence-electron chi connectivity index (χ1n) is 13.6. The number of para-hydroxylation sites is 2. The first kappa shape index (κ1) is 24.8. The lowest BCUT2D eigenvalue weighted by Crippen LogP contribution is -2.45. The highest BCUT2D eigenvalue weighted by molar-refractivity contribution is 5.92. The molecule has 0 spiro atoms. The van der Waals surface area contributed by atoms with Crippen molar-refractivity contribution in [1.82, 2.24) is 34.6 Å². The van der Waals surface area contributed by atoms with Gasteiger partial charge in [0.25, 0.3) is 0 Å². The minimum Gasteiger partial charge on any atom is -0.493 e. The molecule has 0 bridgehead atoms. The van der Waals surface area contributed by atoms with Crippen molar-refractivity contribution in [2.75, 3.05) is 71.5 Å². The van der Waals surface area contributed by atoms with Crippen LogP contribution in [0.1, 0.15) is 19.3 Å². The fourth-order valence-electron chi connectivity index (χ4n) is 5.29. The molecule has 2 saturated heterocycles. The van der Waals surface area contributed by atoms with Crippen LogP contribution < -0.4 is 20.1 Å². The number of methoxy groups -OCH3 is 1. The Bertz CT molecular complexity index is 1380. The van der Waals surface area contributed by atoms with Crippen LogP contribution in [0.3, 0.4) is 0 Å². The standard InChI is InChI=1S/C28H36N8O2/c1-37-25-17-21-23(18-26(25)38-16-6-13-34-11-4-5-12-34)32-28(36-20-30-22-7-2-3-8-24(22)36)33-27(21)31-19-35-14-9-29-10-15-35/h2-3,7-8,17-18,20,29H,4-6,9-16,19H2,1H3,(H,31,32,33). The predicted octanol–water partition coefficient (Wildman–Crippen LogP) is 3.12. The summed E-state index contributed by atoms with van der Waals surface area (Å²) in [7, 11) is 1.68. The van der Waals surface area contributed by atoms with Crippen LogP contribution in [0.25, 0.3) is 27.9 Å².